The van der Waals surface area contributed by atoms with Crippen LogP contribution in [0.4, 0.5) is 15.8 Å². The van der Waals surface area contributed by atoms with Crippen LogP contribution in [0.25, 0.3) is 0 Å². The summed E-state index contributed by atoms with van der Waals surface area (Å²) in [5, 5.41) is 21.9. The lowest BCUT2D eigenvalue weighted by Crippen LogP contribution is -2.29. The van der Waals surface area contributed by atoms with Crippen LogP contribution in [0.2, 0.25) is 0 Å². The third-order valence-electron chi connectivity index (χ3n) is 3.87. The third kappa shape index (κ3) is 4.40. The highest BCUT2D eigenvalue weighted by molar-refractivity contribution is 5.54. The topological polar surface area (TPSA) is 95.5 Å². The van der Waals surface area contributed by atoms with E-state index < -0.39 is 32.8 Å². The molecule has 1 aliphatic carbocycles. The zero-order chi connectivity index (χ0) is 20.1. The van der Waals surface area contributed by atoms with Crippen LogP contribution in [-0.2, 0) is 0 Å². The second-order valence-corrected chi connectivity index (χ2v) is 5.87. The van der Waals surface area contributed by atoms with Crippen LogP contribution < -0.4 is 4.74 Å². The molecule has 0 aliphatic heterocycles. The normalized spacial score (nSPS) is 17.8. The molecule has 0 spiro atoms. The highest BCUT2D eigenvalue weighted by Crippen LogP contribution is 2.36. The molecule has 0 radical (unpaired) electrons. The highest BCUT2D eigenvalue weighted by Gasteiger charge is 2.33. The number of nitro benzene ring substituents is 2. The van der Waals surface area contributed by atoms with Gasteiger partial charge in [0.2, 0.25) is 5.75 Å². The summed E-state index contributed by atoms with van der Waals surface area (Å²) in [7, 11) is 0. The molecule has 7 nitrogen and oxygen atoms in total. The minimum absolute atomic E-state index is 0.212. The Balaban J connectivity index is 1.77. The molecule has 0 aromatic heterocycles. The van der Waals surface area contributed by atoms with Gasteiger partial charge in [-0.05, 0) is 30.4 Å². The number of hydrogen-bond donors (Lipinski definition) is 0. The number of non-ortho nitro benzene ring substituents is 1. The van der Waals surface area contributed by atoms with Crippen LogP contribution in [0.15, 0.2) is 72.3 Å². The average Bonchev–Trinajstić information content (AvgIpc) is 2.68. The van der Waals surface area contributed by atoms with Gasteiger partial charge in [0.1, 0.15) is 0 Å². The van der Waals surface area contributed by atoms with Crippen molar-refractivity contribution in [3.63, 3.8) is 0 Å². The summed E-state index contributed by atoms with van der Waals surface area (Å²) in [4.78, 5) is 20.3. The van der Waals surface area contributed by atoms with Gasteiger partial charge in [-0.2, -0.15) is 4.39 Å². The predicted octanol–water partition coefficient (Wildman–Crippen LogP) is 4.49. The maximum absolute atomic E-state index is 14.9. The van der Waals surface area contributed by atoms with Crippen LogP contribution in [0.5, 0.6) is 5.75 Å². The number of halogens is 1. The van der Waals surface area contributed by atoms with Crippen molar-refractivity contribution < 1.29 is 19.0 Å². The monoisotopic (exact) mass is 380 g/mol. The number of rotatable bonds is 4. The molecule has 1 aliphatic rings. The van der Waals surface area contributed by atoms with E-state index >= 15 is 0 Å². The van der Waals surface area contributed by atoms with E-state index in [2.05, 4.69) is 11.8 Å². The van der Waals surface area contributed by atoms with Gasteiger partial charge >= 0.3 is 5.69 Å². The lowest BCUT2D eigenvalue weighted by molar-refractivity contribution is -0.395. The smallest absolute Gasteiger partial charge is 0.317 e. The zero-order valence-corrected chi connectivity index (χ0v) is 14.4. The Kier molecular flexibility index (Phi) is 5.18. The molecule has 1 atom stereocenters. The van der Waals surface area contributed by atoms with E-state index in [0.717, 1.165) is 29.8 Å². The fraction of sp³-hybridized carbons (Fsp3) is 0.100. The van der Waals surface area contributed by atoms with Gasteiger partial charge in [0.15, 0.2) is 0 Å². The molecule has 1 unspecified atom stereocenters. The standard InChI is InChI=1S/C20H13FN2O5/c21-20(28-19-9-8-17(22(24)25)14-18(19)23(26)27)12-10-16(11-13-20)7-6-15-4-2-1-3-5-15/h1-5,8-12,14H,13H2. The van der Waals surface area contributed by atoms with Crippen molar-refractivity contribution in [2.24, 2.45) is 0 Å². The summed E-state index contributed by atoms with van der Waals surface area (Å²) in [5.74, 6) is 3.14. The molecular weight excluding hydrogens is 367 g/mol. The van der Waals surface area contributed by atoms with Crippen LogP contribution in [0.3, 0.4) is 0 Å². The molecule has 140 valence electrons. The summed E-state index contributed by atoms with van der Waals surface area (Å²) >= 11 is 0. The number of benzene rings is 2. The van der Waals surface area contributed by atoms with Gasteiger partial charge in [-0.15, -0.1) is 0 Å². The average molecular weight is 380 g/mol. The van der Waals surface area contributed by atoms with Crippen molar-refractivity contribution in [2.45, 2.75) is 12.3 Å². The summed E-state index contributed by atoms with van der Waals surface area (Å²) in [5.41, 5.74) is 0.230. The molecule has 0 bridgehead atoms. The maximum Gasteiger partial charge on any atom is 0.317 e. The predicted molar refractivity (Wildman–Crippen MR) is 99.4 cm³/mol. The first-order valence-corrected chi connectivity index (χ1v) is 8.13. The first-order chi connectivity index (χ1) is 13.4. The molecule has 2 aromatic carbocycles. The summed E-state index contributed by atoms with van der Waals surface area (Å²) in [6, 6.07) is 12.0. The van der Waals surface area contributed by atoms with Crippen LogP contribution in [0.1, 0.15) is 12.0 Å². The molecule has 3 rings (SSSR count). The maximum atomic E-state index is 14.9. The van der Waals surface area contributed by atoms with Crippen molar-refractivity contribution >= 4 is 11.4 Å². The van der Waals surface area contributed by atoms with Crippen molar-refractivity contribution in [1.82, 2.24) is 0 Å². The van der Waals surface area contributed by atoms with Crippen LogP contribution in [0, 0.1) is 32.1 Å². The van der Waals surface area contributed by atoms with Gasteiger partial charge in [0.05, 0.1) is 15.9 Å². The van der Waals surface area contributed by atoms with Crippen molar-refractivity contribution in [3.8, 4) is 17.6 Å². The number of hydrogen-bond acceptors (Lipinski definition) is 5. The van der Waals surface area contributed by atoms with E-state index in [1.54, 1.807) is 0 Å². The Morgan fingerprint density at radius 1 is 1.04 bits per heavy atom. The molecule has 0 amide bonds. The van der Waals surface area contributed by atoms with E-state index in [4.69, 9.17) is 4.74 Å². The lowest BCUT2D eigenvalue weighted by atomic mass is 10.0. The second-order valence-electron chi connectivity index (χ2n) is 5.87. The first-order valence-electron chi connectivity index (χ1n) is 8.13. The molecule has 28 heavy (non-hydrogen) atoms. The minimum atomic E-state index is -2.32. The Morgan fingerprint density at radius 3 is 2.39 bits per heavy atom. The van der Waals surface area contributed by atoms with Crippen LogP contribution in [-0.4, -0.2) is 15.7 Å². The van der Waals surface area contributed by atoms with Gasteiger partial charge < -0.3 is 4.74 Å². The molecule has 0 N–H and O–H groups in total. The van der Waals surface area contributed by atoms with Crippen LogP contribution >= 0.6 is 0 Å². The van der Waals surface area contributed by atoms with Gasteiger partial charge in [0, 0.05) is 23.6 Å². The highest BCUT2D eigenvalue weighted by atomic mass is 19.2. The van der Waals surface area contributed by atoms with E-state index in [1.165, 1.54) is 12.2 Å². The fourth-order valence-electron chi connectivity index (χ4n) is 2.46. The van der Waals surface area contributed by atoms with E-state index in [-0.39, 0.29) is 6.42 Å². The Hall–Kier alpha value is -3.99. The molecule has 2 aromatic rings. The molecule has 0 fully saturated rings. The van der Waals surface area contributed by atoms with Crippen molar-refractivity contribution in [2.75, 3.05) is 0 Å². The van der Waals surface area contributed by atoms with E-state index in [9.17, 15) is 24.6 Å². The van der Waals surface area contributed by atoms with Gasteiger partial charge in [-0.25, -0.2) is 0 Å². The summed E-state index contributed by atoms with van der Waals surface area (Å²) in [6.07, 6.45) is 3.85. The molecule has 0 heterocycles. The number of alkyl halides is 1. The largest absolute Gasteiger partial charge is 0.447 e. The molecule has 8 heteroatoms. The minimum Gasteiger partial charge on any atom is -0.447 e. The fourth-order valence-corrected chi connectivity index (χ4v) is 2.46. The lowest BCUT2D eigenvalue weighted by Gasteiger charge is -2.24. The molecule has 0 saturated carbocycles. The number of nitro groups is 2. The third-order valence-corrected chi connectivity index (χ3v) is 3.87. The second kappa shape index (κ2) is 7.72. The molecule has 0 saturated heterocycles. The number of nitrogens with zero attached hydrogens (tertiary/aromatic N) is 2. The molecular formula is C20H13FN2O5. The van der Waals surface area contributed by atoms with Gasteiger partial charge in [-0.1, -0.05) is 36.1 Å². The van der Waals surface area contributed by atoms with Crippen molar-refractivity contribution in [1.29, 1.82) is 0 Å². The van der Waals surface area contributed by atoms with E-state index in [1.807, 2.05) is 30.3 Å². The first kappa shape index (κ1) is 18.8. The van der Waals surface area contributed by atoms with Gasteiger partial charge in [0.25, 0.3) is 11.5 Å². The Bertz CT molecular complexity index is 1050. The Labute approximate surface area is 159 Å². The summed E-state index contributed by atoms with van der Waals surface area (Å²) in [6.45, 7) is 0. The number of ether oxygens (including phenoxy) is 1. The van der Waals surface area contributed by atoms with Gasteiger partial charge in [-0.3, -0.25) is 20.2 Å². The zero-order valence-electron chi connectivity index (χ0n) is 14.4. The SMILES string of the molecule is O=[N+]([O-])c1ccc(OC2(F)C=CC(C#Cc3ccccc3)=CC2)c([N+](=O)[O-])c1. The van der Waals surface area contributed by atoms with E-state index in [0.29, 0.717) is 5.57 Å². The summed E-state index contributed by atoms with van der Waals surface area (Å²) < 4.78 is 20.1. The van der Waals surface area contributed by atoms with Crippen molar-refractivity contribution in [3.05, 3.63) is 98.1 Å². The quantitative estimate of drug-likeness (QED) is 0.442. The Morgan fingerprint density at radius 2 is 1.79 bits per heavy atom. The number of allylic oxidation sites excluding steroid dienone is 2.